The average Bonchev–Trinajstić information content (AvgIpc) is 2.30. The van der Waals surface area contributed by atoms with Gasteiger partial charge >= 0.3 is 0 Å². The minimum absolute atomic E-state index is 0.207. The van der Waals surface area contributed by atoms with Gasteiger partial charge in [-0.1, -0.05) is 6.07 Å². The van der Waals surface area contributed by atoms with Gasteiger partial charge in [0.1, 0.15) is 0 Å². The average molecular weight is 223 g/mol. The molecule has 0 aliphatic rings. The fourth-order valence-electron chi connectivity index (χ4n) is 1.61. The molecule has 0 aliphatic heterocycles. The van der Waals surface area contributed by atoms with E-state index in [1.807, 2.05) is 18.3 Å². The van der Waals surface area contributed by atoms with Crippen LogP contribution in [-0.4, -0.2) is 36.6 Å². The van der Waals surface area contributed by atoms with E-state index in [-0.39, 0.29) is 6.04 Å². The van der Waals surface area contributed by atoms with Crippen LogP contribution >= 0.6 is 0 Å². The Morgan fingerprint density at radius 3 is 2.50 bits per heavy atom. The Morgan fingerprint density at radius 1 is 1.44 bits per heavy atom. The van der Waals surface area contributed by atoms with E-state index in [0.717, 1.165) is 5.56 Å². The summed E-state index contributed by atoms with van der Waals surface area (Å²) in [7, 11) is 3.69. The minimum Gasteiger partial charge on any atom is -0.481 e. The van der Waals surface area contributed by atoms with Gasteiger partial charge in [0.05, 0.1) is 7.11 Å². The largest absolute Gasteiger partial charge is 0.481 e. The summed E-state index contributed by atoms with van der Waals surface area (Å²) in [5.41, 5.74) is 6.94. The number of nitrogens with zero attached hydrogens (tertiary/aromatic N) is 2. The number of likely N-dealkylation sites (N-methyl/N-ethyl adjacent to an activating group) is 1. The summed E-state index contributed by atoms with van der Waals surface area (Å²) in [5.74, 6) is 0.631. The second-order valence-corrected chi connectivity index (χ2v) is 4.14. The number of aromatic nitrogens is 1. The molecule has 0 saturated heterocycles. The second kappa shape index (κ2) is 5.82. The molecule has 0 bridgehead atoms. The summed E-state index contributed by atoms with van der Waals surface area (Å²) in [6.45, 7) is 4.89. The molecule has 0 fully saturated rings. The lowest BCUT2D eigenvalue weighted by Crippen LogP contribution is -2.35. The number of hydrogen-bond acceptors (Lipinski definition) is 4. The van der Waals surface area contributed by atoms with E-state index in [9.17, 15) is 0 Å². The Bertz CT molecular complexity index is 311. The third-order valence-corrected chi connectivity index (χ3v) is 2.88. The van der Waals surface area contributed by atoms with Crippen molar-refractivity contribution in [1.29, 1.82) is 0 Å². The van der Waals surface area contributed by atoms with Gasteiger partial charge in [-0.2, -0.15) is 0 Å². The van der Waals surface area contributed by atoms with Crippen molar-refractivity contribution >= 4 is 0 Å². The van der Waals surface area contributed by atoms with Crippen molar-refractivity contribution in [3.63, 3.8) is 0 Å². The van der Waals surface area contributed by atoms with Gasteiger partial charge in [-0.3, -0.25) is 4.90 Å². The minimum atomic E-state index is 0.207. The van der Waals surface area contributed by atoms with Crippen LogP contribution in [0, 0.1) is 0 Å². The predicted octanol–water partition coefficient (Wildman–Crippen LogP) is 1.43. The molecule has 90 valence electrons. The van der Waals surface area contributed by atoms with E-state index in [1.54, 1.807) is 7.11 Å². The highest BCUT2D eigenvalue weighted by Gasteiger charge is 2.17. The van der Waals surface area contributed by atoms with Crippen LogP contribution in [0.15, 0.2) is 18.3 Å². The number of nitrogens with two attached hydrogens (primary N) is 1. The molecule has 0 spiro atoms. The maximum atomic E-state index is 5.81. The van der Waals surface area contributed by atoms with E-state index in [1.165, 1.54) is 0 Å². The van der Waals surface area contributed by atoms with Crippen molar-refractivity contribution < 1.29 is 4.74 Å². The fourth-order valence-corrected chi connectivity index (χ4v) is 1.61. The summed E-state index contributed by atoms with van der Waals surface area (Å²) in [5, 5.41) is 0. The summed E-state index contributed by atoms with van der Waals surface area (Å²) >= 11 is 0. The van der Waals surface area contributed by atoms with Gasteiger partial charge in [0, 0.05) is 30.9 Å². The lowest BCUT2D eigenvalue weighted by molar-refractivity contribution is 0.200. The molecule has 1 rings (SSSR count). The molecule has 1 atom stereocenters. The summed E-state index contributed by atoms with van der Waals surface area (Å²) < 4.78 is 5.03. The van der Waals surface area contributed by atoms with Crippen LogP contribution in [0.4, 0.5) is 0 Å². The predicted molar refractivity (Wildman–Crippen MR) is 65.5 cm³/mol. The van der Waals surface area contributed by atoms with Crippen LogP contribution in [0.1, 0.15) is 25.5 Å². The van der Waals surface area contributed by atoms with Crippen LogP contribution in [-0.2, 0) is 0 Å². The van der Waals surface area contributed by atoms with Crippen LogP contribution in [0.5, 0.6) is 5.88 Å². The van der Waals surface area contributed by atoms with Gasteiger partial charge in [-0.05, 0) is 26.5 Å². The third-order valence-electron chi connectivity index (χ3n) is 2.88. The first-order chi connectivity index (χ1) is 7.60. The topological polar surface area (TPSA) is 51.4 Å². The molecule has 1 aromatic rings. The van der Waals surface area contributed by atoms with Gasteiger partial charge in [0.25, 0.3) is 0 Å². The number of hydrogen-bond donors (Lipinski definition) is 1. The normalized spacial score (nSPS) is 13.2. The van der Waals surface area contributed by atoms with E-state index < -0.39 is 0 Å². The molecule has 0 amide bonds. The Labute approximate surface area is 97.4 Å². The molecule has 4 heteroatoms. The van der Waals surface area contributed by atoms with Gasteiger partial charge in [-0.25, -0.2) is 4.98 Å². The number of pyridine rings is 1. The van der Waals surface area contributed by atoms with Gasteiger partial charge in [0.2, 0.25) is 5.88 Å². The quantitative estimate of drug-likeness (QED) is 0.820. The molecule has 0 saturated carbocycles. The summed E-state index contributed by atoms with van der Waals surface area (Å²) in [6, 6.07) is 4.54. The molecule has 0 aliphatic carbocycles. The second-order valence-electron chi connectivity index (χ2n) is 4.14. The molecule has 1 heterocycles. The van der Waals surface area contributed by atoms with Crippen molar-refractivity contribution in [2.45, 2.75) is 25.9 Å². The molecule has 4 nitrogen and oxygen atoms in total. The summed E-state index contributed by atoms with van der Waals surface area (Å²) in [6.07, 6.45) is 1.83. The zero-order valence-electron chi connectivity index (χ0n) is 10.5. The molecular formula is C12H21N3O. The van der Waals surface area contributed by atoms with Crippen LogP contribution in [0.3, 0.4) is 0 Å². The number of ether oxygens (including phenoxy) is 1. The highest BCUT2D eigenvalue weighted by Crippen LogP contribution is 2.20. The van der Waals surface area contributed by atoms with E-state index in [4.69, 9.17) is 10.5 Å². The molecule has 1 unspecified atom stereocenters. The smallest absolute Gasteiger partial charge is 0.212 e. The molecule has 0 radical (unpaired) electrons. The van der Waals surface area contributed by atoms with Crippen molar-refractivity contribution in [2.75, 3.05) is 20.7 Å². The van der Waals surface area contributed by atoms with Crippen LogP contribution in [0.25, 0.3) is 0 Å². The van der Waals surface area contributed by atoms with Gasteiger partial charge in [0.15, 0.2) is 0 Å². The van der Waals surface area contributed by atoms with E-state index >= 15 is 0 Å². The Kier molecular flexibility index (Phi) is 4.71. The van der Waals surface area contributed by atoms with Gasteiger partial charge < -0.3 is 10.5 Å². The van der Waals surface area contributed by atoms with Crippen molar-refractivity contribution in [1.82, 2.24) is 9.88 Å². The lowest BCUT2D eigenvalue weighted by atomic mass is 10.1. The third kappa shape index (κ3) is 2.93. The highest BCUT2D eigenvalue weighted by atomic mass is 16.5. The Morgan fingerprint density at radius 2 is 2.12 bits per heavy atom. The van der Waals surface area contributed by atoms with E-state index in [0.29, 0.717) is 18.5 Å². The standard InChI is InChI=1S/C12H21N3O/c1-9(2)15(3)11(7-13)10-5-6-12(16-4)14-8-10/h5-6,8-9,11H,7,13H2,1-4H3. The first-order valence-electron chi connectivity index (χ1n) is 5.52. The lowest BCUT2D eigenvalue weighted by Gasteiger charge is -2.30. The summed E-state index contributed by atoms with van der Waals surface area (Å²) in [4.78, 5) is 6.44. The first kappa shape index (κ1) is 12.9. The molecule has 1 aromatic heterocycles. The Balaban J connectivity index is 2.86. The monoisotopic (exact) mass is 223 g/mol. The molecular weight excluding hydrogens is 202 g/mol. The zero-order chi connectivity index (χ0) is 12.1. The van der Waals surface area contributed by atoms with Gasteiger partial charge in [-0.15, -0.1) is 0 Å². The van der Waals surface area contributed by atoms with Crippen LogP contribution in [0.2, 0.25) is 0 Å². The maximum Gasteiger partial charge on any atom is 0.212 e. The van der Waals surface area contributed by atoms with Crippen LogP contribution < -0.4 is 10.5 Å². The SMILES string of the molecule is COc1ccc(C(CN)N(C)C(C)C)cn1. The van der Waals surface area contributed by atoms with Crippen molar-refractivity contribution in [3.8, 4) is 5.88 Å². The molecule has 0 aromatic carbocycles. The first-order valence-corrected chi connectivity index (χ1v) is 5.52. The van der Waals surface area contributed by atoms with E-state index in [2.05, 4.69) is 30.8 Å². The maximum absolute atomic E-state index is 5.81. The molecule has 16 heavy (non-hydrogen) atoms. The molecule has 2 N–H and O–H groups in total. The zero-order valence-corrected chi connectivity index (χ0v) is 10.5. The number of rotatable bonds is 5. The number of methoxy groups -OCH3 is 1. The van der Waals surface area contributed by atoms with Crippen molar-refractivity contribution in [2.24, 2.45) is 5.73 Å². The fraction of sp³-hybridized carbons (Fsp3) is 0.583. The highest BCUT2D eigenvalue weighted by molar-refractivity contribution is 5.21. The Hall–Kier alpha value is -1.13. The van der Waals surface area contributed by atoms with Crippen molar-refractivity contribution in [3.05, 3.63) is 23.9 Å².